The van der Waals surface area contributed by atoms with E-state index in [1.807, 2.05) is 13.8 Å². The van der Waals surface area contributed by atoms with Crippen LogP contribution in [0.15, 0.2) is 23.4 Å². The molecule has 0 aromatic heterocycles. The number of benzene rings is 1. The van der Waals surface area contributed by atoms with Crippen molar-refractivity contribution >= 4 is 11.5 Å². The lowest BCUT2D eigenvalue weighted by atomic mass is 9.88. The molecule has 18 heavy (non-hydrogen) atoms. The SMILES string of the molecule is Cc1cccc(C)c1NCCC(C)(C)C(N)=NO. The fraction of sp³-hybridized carbons (Fsp3) is 0.500. The van der Waals surface area contributed by atoms with E-state index in [4.69, 9.17) is 10.9 Å². The number of nitrogens with one attached hydrogen (secondary N) is 1. The van der Waals surface area contributed by atoms with Crippen LogP contribution in [0.2, 0.25) is 0 Å². The number of hydrogen-bond donors (Lipinski definition) is 3. The molecule has 0 unspecified atom stereocenters. The standard InChI is InChI=1S/C14H23N3O/c1-10-6-5-7-11(2)12(10)16-9-8-14(3,4)13(15)17-18/h5-7,16,18H,8-9H2,1-4H3,(H2,15,17). The Labute approximate surface area is 109 Å². The van der Waals surface area contributed by atoms with Crippen LogP contribution in [0.4, 0.5) is 5.69 Å². The summed E-state index contributed by atoms with van der Waals surface area (Å²) in [4.78, 5) is 0. The molecule has 4 N–H and O–H groups in total. The second-order valence-electron chi connectivity index (χ2n) is 5.31. The molecule has 0 heterocycles. The van der Waals surface area contributed by atoms with Gasteiger partial charge in [0.25, 0.3) is 0 Å². The predicted molar refractivity (Wildman–Crippen MR) is 76.2 cm³/mol. The lowest BCUT2D eigenvalue weighted by molar-refractivity contribution is 0.306. The van der Waals surface area contributed by atoms with Gasteiger partial charge in [0, 0.05) is 17.6 Å². The molecule has 0 aliphatic heterocycles. The van der Waals surface area contributed by atoms with Crippen molar-refractivity contribution in [3.63, 3.8) is 0 Å². The molecule has 1 aromatic rings. The number of amidine groups is 1. The summed E-state index contributed by atoms with van der Waals surface area (Å²) >= 11 is 0. The van der Waals surface area contributed by atoms with Crippen LogP contribution in [0.1, 0.15) is 31.4 Å². The van der Waals surface area contributed by atoms with Gasteiger partial charge in [-0.15, -0.1) is 0 Å². The fourth-order valence-corrected chi connectivity index (χ4v) is 1.86. The summed E-state index contributed by atoms with van der Waals surface area (Å²) < 4.78 is 0. The van der Waals surface area contributed by atoms with Crippen molar-refractivity contribution in [2.45, 2.75) is 34.1 Å². The Morgan fingerprint density at radius 3 is 2.39 bits per heavy atom. The van der Waals surface area contributed by atoms with Crippen molar-refractivity contribution in [1.29, 1.82) is 0 Å². The van der Waals surface area contributed by atoms with E-state index in [0.29, 0.717) is 0 Å². The molecule has 0 amide bonds. The highest BCUT2D eigenvalue weighted by atomic mass is 16.4. The zero-order valence-electron chi connectivity index (χ0n) is 11.6. The summed E-state index contributed by atoms with van der Waals surface area (Å²) in [5.74, 6) is 0.269. The number of aryl methyl sites for hydroxylation is 2. The van der Waals surface area contributed by atoms with E-state index < -0.39 is 0 Å². The molecule has 0 radical (unpaired) electrons. The first kappa shape index (κ1) is 14.4. The normalized spacial score (nSPS) is 12.6. The van der Waals surface area contributed by atoms with E-state index in [9.17, 15) is 0 Å². The maximum Gasteiger partial charge on any atom is 0.144 e. The van der Waals surface area contributed by atoms with Crippen molar-refractivity contribution in [1.82, 2.24) is 0 Å². The smallest absolute Gasteiger partial charge is 0.144 e. The maximum atomic E-state index is 8.72. The second-order valence-corrected chi connectivity index (χ2v) is 5.31. The molecule has 0 aliphatic rings. The van der Waals surface area contributed by atoms with Gasteiger partial charge >= 0.3 is 0 Å². The van der Waals surface area contributed by atoms with Gasteiger partial charge in [-0.05, 0) is 31.4 Å². The van der Waals surface area contributed by atoms with Crippen LogP contribution in [0.25, 0.3) is 0 Å². The molecule has 0 spiro atoms. The fourth-order valence-electron chi connectivity index (χ4n) is 1.86. The molecule has 0 bridgehead atoms. The van der Waals surface area contributed by atoms with Crippen LogP contribution in [0.5, 0.6) is 0 Å². The third-order valence-corrected chi connectivity index (χ3v) is 3.33. The number of nitrogens with two attached hydrogens (primary N) is 1. The lowest BCUT2D eigenvalue weighted by Gasteiger charge is -2.23. The second kappa shape index (κ2) is 5.76. The number of rotatable bonds is 5. The molecular weight excluding hydrogens is 226 g/mol. The Hall–Kier alpha value is -1.71. The van der Waals surface area contributed by atoms with Crippen LogP contribution in [-0.2, 0) is 0 Å². The average Bonchev–Trinajstić information content (AvgIpc) is 2.31. The highest BCUT2D eigenvalue weighted by molar-refractivity contribution is 5.85. The highest BCUT2D eigenvalue weighted by Crippen LogP contribution is 2.23. The van der Waals surface area contributed by atoms with Crippen LogP contribution >= 0.6 is 0 Å². The van der Waals surface area contributed by atoms with Crippen LogP contribution in [-0.4, -0.2) is 17.6 Å². The Bertz CT molecular complexity index is 418. The summed E-state index contributed by atoms with van der Waals surface area (Å²) in [5, 5.41) is 15.2. The monoisotopic (exact) mass is 249 g/mol. The van der Waals surface area contributed by atoms with Crippen LogP contribution in [0.3, 0.4) is 0 Å². The van der Waals surface area contributed by atoms with E-state index in [1.54, 1.807) is 0 Å². The summed E-state index contributed by atoms with van der Waals surface area (Å²) in [6.45, 7) is 8.89. The zero-order chi connectivity index (χ0) is 13.8. The first-order valence-electron chi connectivity index (χ1n) is 6.16. The quantitative estimate of drug-likeness (QED) is 0.325. The predicted octanol–water partition coefficient (Wildman–Crippen LogP) is 2.88. The van der Waals surface area contributed by atoms with Gasteiger partial charge in [0.15, 0.2) is 0 Å². The molecular formula is C14H23N3O. The van der Waals surface area contributed by atoms with E-state index in [1.165, 1.54) is 16.8 Å². The Morgan fingerprint density at radius 2 is 1.89 bits per heavy atom. The van der Waals surface area contributed by atoms with E-state index >= 15 is 0 Å². The molecule has 100 valence electrons. The number of nitrogens with zero attached hydrogens (tertiary/aromatic N) is 1. The van der Waals surface area contributed by atoms with Gasteiger partial charge in [0.05, 0.1) is 0 Å². The lowest BCUT2D eigenvalue weighted by Crippen LogP contribution is -2.33. The summed E-state index contributed by atoms with van der Waals surface area (Å²) in [5.41, 5.74) is 8.99. The summed E-state index contributed by atoms with van der Waals surface area (Å²) in [7, 11) is 0. The summed E-state index contributed by atoms with van der Waals surface area (Å²) in [6, 6.07) is 6.23. The Morgan fingerprint density at radius 1 is 1.33 bits per heavy atom. The molecule has 0 saturated heterocycles. The molecule has 0 fully saturated rings. The van der Waals surface area contributed by atoms with Crippen molar-refractivity contribution in [2.24, 2.45) is 16.3 Å². The van der Waals surface area contributed by atoms with Crippen molar-refractivity contribution in [3.8, 4) is 0 Å². The highest BCUT2D eigenvalue weighted by Gasteiger charge is 2.23. The Balaban J connectivity index is 2.62. The zero-order valence-corrected chi connectivity index (χ0v) is 11.6. The van der Waals surface area contributed by atoms with E-state index in [0.717, 1.165) is 13.0 Å². The molecule has 1 aromatic carbocycles. The molecule has 0 atom stereocenters. The largest absolute Gasteiger partial charge is 0.409 e. The van der Waals surface area contributed by atoms with Crippen LogP contribution in [0, 0.1) is 19.3 Å². The van der Waals surface area contributed by atoms with E-state index in [2.05, 4.69) is 42.5 Å². The first-order chi connectivity index (χ1) is 8.38. The minimum atomic E-state index is -0.307. The number of hydrogen-bond acceptors (Lipinski definition) is 3. The van der Waals surface area contributed by atoms with Crippen molar-refractivity contribution in [3.05, 3.63) is 29.3 Å². The molecule has 4 nitrogen and oxygen atoms in total. The first-order valence-corrected chi connectivity index (χ1v) is 6.16. The topological polar surface area (TPSA) is 70.6 Å². The van der Waals surface area contributed by atoms with Crippen molar-refractivity contribution in [2.75, 3.05) is 11.9 Å². The maximum absolute atomic E-state index is 8.72. The number of para-hydroxylation sites is 1. The summed E-state index contributed by atoms with van der Waals surface area (Å²) in [6.07, 6.45) is 0.802. The van der Waals surface area contributed by atoms with Gasteiger partial charge in [0.2, 0.25) is 0 Å². The Kier molecular flexibility index (Phi) is 4.59. The minimum absolute atomic E-state index is 0.269. The van der Waals surface area contributed by atoms with Gasteiger partial charge in [-0.2, -0.15) is 0 Å². The van der Waals surface area contributed by atoms with E-state index in [-0.39, 0.29) is 11.3 Å². The average molecular weight is 249 g/mol. The van der Waals surface area contributed by atoms with Gasteiger partial charge in [0.1, 0.15) is 5.84 Å². The van der Waals surface area contributed by atoms with Gasteiger partial charge < -0.3 is 16.3 Å². The molecule has 1 rings (SSSR count). The third kappa shape index (κ3) is 3.39. The van der Waals surface area contributed by atoms with Crippen molar-refractivity contribution < 1.29 is 5.21 Å². The third-order valence-electron chi connectivity index (χ3n) is 3.33. The molecule has 0 saturated carbocycles. The number of oxime groups is 1. The number of anilines is 1. The minimum Gasteiger partial charge on any atom is -0.409 e. The molecule has 4 heteroatoms. The van der Waals surface area contributed by atoms with Gasteiger partial charge in [-0.1, -0.05) is 37.2 Å². The van der Waals surface area contributed by atoms with Crippen LogP contribution < -0.4 is 11.1 Å². The van der Waals surface area contributed by atoms with Gasteiger partial charge in [-0.3, -0.25) is 0 Å². The van der Waals surface area contributed by atoms with Gasteiger partial charge in [-0.25, -0.2) is 0 Å². The molecule has 0 aliphatic carbocycles.